The van der Waals surface area contributed by atoms with E-state index in [1.165, 1.54) is 12.1 Å². The molecule has 0 unspecified atom stereocenters. The van der Waals surface area contributed by atoms with Gasteiger partial charge >= 0.3 is 24.5 Å². The first-order chi connectivity index (χ1) is 41.3. The molecule has 4 fully saturated rings. The number of amides is 4. The maximum absolute atomic E-state index is 13.6. The number of carbonyl (C=O) groups is 4. The van der Waals surface area contributed by atoms with Crippen LogP contribution in [0.5, 0.6) is 0 Å². The van der Waals surface area contributed by atoms with Gasteiger partial charge in [0.05, 0.1) is 34.3 Å². The Hall–Kier alpha value is -8.24. The molecule has 4 saturated heterocycles. The van der Waals surface area contributed by atoms with Crippen molar-refractivity contribution in [3.63, 3.8) is 0 Å². The molecule has 468 valence electrons. The van der Waals surface area contributed by atoms with Crippen molar-refractivity contribution in [2.24, 2.45) is 0 Å². The summed E-state index contributed by atoms with van der Waals surface area (Å²) < 4.78 is 92.0. The molecule has 6 heterocycles. The van der Waals surface area contributed by atoms with E-state index >= 15 is 0 Å². The van der Waals surface area contributed by atoms with Gasteiger partial charge in [-0.3, -0.25) is 19.6 Å². The van der Waals surface area contributed by atoms with Crippen LogP contribution in [-0.2, 0) is 34.9 Å². The number of alkyl halides is 6. The number of carbonyl (C=O) groups excluding carboxylic acids is 4. The molecule has 6 aromatic rings. The van der Waals surface area contributed by atoms with Gasteiger partial charge in [-0.05, 0) is 175 Å². The van der Waals surface area contributed by atoms with Crippen LogP contribution in [0.25, 0.3) is 22.3 Å². The Kier molecular flexibility index (Phi) is 18.3. The molecule has 0 aliphatic carbocycles. The summed E-state index contributed by atoms with van der Waals surface area (Å²) in [6.07, 6.45) is -4.80. The first kappa shape index (κ1) is 64.2. The number of hydrogen-bond donors (Lipinski definition) is 4. The van der Waals surface area contributed by atoms with Crippen LogP contribution in [0.4, 0.5) is 47.3 Å². The Morgan fingerprint density at radius 2 is 0.875 bits per heavy atom. The molecule has 0 saturated carbocycles. The van der Waals surface area contributed by atoms with E-state index < -0.39 is 46.9 Å². The second-order valence-electron chi connectivity index (χ2n) is 25.5. The quantitative estimate of drug-likeness (QED) is 0.0762. The van der Waals surface area contributed by atoms with Gasteiger partial charge in [0.1, 0.15) is 22.6 Å². The highest BCUT2D eigenvalue weighted by molar-refractivity contribution is 5.94. The molecular weight excluding hydrogens is 1140 g/mol. The number of ether oxygens (including phenoxy) is 2. The van der Waals surface area contributed by atoms with Crippen LogP contribution >= 0.6 is 0 Å². The molecule has 2 aromatic heterocycles. The van der Waals surface area contributed by atoms with Gasteiger partial charge in [0.25, 0.3) is 11.8 Å². The highest BCUT2D eigenvalue weighted by Crippen LogP contribution is 2.44. The van der Waals surface area contributed by atoms with Crippen LogP contribution in [0, 0.1) is 0 Å². The summed E-state index contributed by atoms with van der Waals surface area (Å²) in [4.78, 5) is 68.5. The highest BCUT2D eigenvalue weighted by Gasteiger charge is 2.53. The van der Waals surface area contributed by atoms with Crippen molar-refractivity contribution in [2.75, 3.05) is 63.2 Å². The van der Waals surface area contributed by atoms with Crippen molar-refractivity contribution in [1.29, 1.82) is 0 Å². The zero-order valence-corrected chi connectivity index (χ0v) is 51.2. The Morgan fingerprint density at radius 1 is 0.523 bits per heavy atom. The lowest BCUT2D eigenvalue weighted by Crippen LogP contribution is -2.76. The molecule has 16 nitrogen and oxygen atoms in total. The first-order valence-corrected chi connectivity index (χ1v) is 29.3. The van der Waals surface area contributed by atoms with E-state index in [0.717, 1.165) is 98.9 Å². The monoisotopic (exact) mass is 1220 g/mol. The van der Waals surface area contributed by atoms with E-state index in [4.69, 9.17) is 9.47 Å². The van der Waals surface area contributed by atoms with Crippen LogP contribution < -0.4 is 31.1 Å². The maximum Gasteiger partial charge on any atom is 0.416 e. The average Bonchev–Trinajstić information content (AvgIpc) is 0.747. The lowest BCUT2D eigenvalue weighted by atomic mass is 9.77. The van der Waals surface area contributed by atoms with E-state index in [1.54, 1.807) is 102 Å². The predicted molar refractivity (Wildman–Crippen MR) is 325 cm³/mol. The fourth-order valence-corrected chi connectivity index (χ4v) is 11.8. The molecule has 22 heteroatoms. The summed E-state index contributed by atoms with van der Waals surface area (Å²) in [6, 6.07) is 27.5. The normalized spacial score (nSPS) is 17.0. The number of nitrogens with one attached hydrogen (secondary N) is 4. The zero-order valence-electron chi connectivity index (χ0n) is 51.2. The fourth-order valence-electron chi connectivity index (χ4n) is 11.8. The van der Waals surface area contributed by atoms with Crippen LogP contribution in [0.3, 0.4) is 0 Å². The molecule has 0 radical (unpaired) electrons. The van der Waals surface area contributed by atoms with Crippen LogP contribution in [0.2, 0.25) is 0 Å². The third-order valence-corrected chi connectivity index (χ3v) is 16.2. The second kappa shape index (κ2) is 25.1. The number of pyridine rings is 2. The van der Waals surface area contributed by atoms with Gasteiger partial charge < -0.3 is 50.3 Å². The summed E-state index contributed by atoms with van der Waals surface area (Å²) in [5, 5.41) is 11.2. The van der Waals surface area contributed by atoms with Crippen LogP contribution in [0.15, 0.2) is 122 Å². The minimum absolute atomic E-state index is 0.0160. The lowest BCUT2D eigenvalue weighted by molar-refractivity contribution is -0.138. The molecule has 4 amide bonds. The van der Waals surface area contributed by atoms with E-state index in [1.807, 2.05) is 38.1 Å². The van der Waals surface area contributed by atoms with Gasteiger partial charge in [-0.25, -0.2) is 9.59 Å². The standard InChI is InChI=1S/2C33H38F3N5O3/c2*1-21(39-29(42)28-17-26(12-14-37-28)41-15-13-32(41)19-40(5)20-32)22-6-8-23(9-7-22)27-16-25(33(34,35)36)11-10-24(27)18-38-30(43)44-31(2,3)4/h2*6-12,14,16-17,21H,13,15,18-20H2,1-5H3,(H,38,43)(H,39,42)/t2*21-/m11/s1. The van der Waals surface area contributed by atoms with Gasteiger partial charge in [-0.1, -0.05) is 60.7 Å². The third kappa shape index (κ3) is 15.2. The lowest BCUT2D eigenvalue weighted by Gasteiger charge is -2.63. The topological polar surface area (TPSA) is 174 Å². The SMILES string of the molecule is C[C@@H](NC(=O)c1cc(N2CCC23CN(C)C3)ccn1)c1ccc(-c2cc(C(F)(F)F)ccc2CNC(=O)OC(C)(C)C)cc1.C[C@@H](NC(=O)c1cc(N2CCC23CN(C)C3)ccn1)c1ccc(-c2cc(C(F)(F)F)ccc2CNC(=O)OC(C)(C)C)cc1. The van der Waals surface area contributed by atoms with E-state index in [2.05, 4.69) is 64.9 Å². The molecule has 2 spiro atoms. The average molecular weight is 1220 g/mol. The van der Waals surface area contributed by atoms with Crippen molar-refractivity contribution >= 4 is 35.4 Å². The molecule has 2 atom stereocenters. The number of rotatable bonds is 14. The van der Waals surface area contributed by atoms with Crippen LogP contribution in [0.1, 0.15) is 135 Å². The number of benzene rings is 4. The molecule has 0 bridgehead atoms. The Labute approximate surface area is 509 Å². The zero-order chi connectivity index (χ0) is 63.7. The minimum Gasteiger partial charge on any atom is -0.444 e. The molecule has 4 N–H and O–H groups in total. The van der Waals surface area contributed by atoms with Crippen molar-refractivity contribution in [2.45, 2.75) is 128 Å². The number of nitrogens with zero attached hydrogens (tertiary/aromatic N) is 6. The van der Waals surface area contributed by atoms with Crippen LogP contribution in [-0.4, -0.2) is 119 Å². The minimum atomic E-state index is -4.53. The number of hydrogen-bond acceptors (Lipinski definition) is 12. The van der Waals surface area contributed by atoms with Gasteiger partial charge in [-0.15, -0.1) is 0 Å². The maximum atomic E-state index is 13.6. The molecular formula is C66H76F6N10O6. The molecule has 88 heavy (non-hydrogen) atoms. The van der Waals surface area contributed by atoms with E-state index in [0.29, 0.717) is 44.8 Å². The summed E-state index contributed by atoms with van der Waals surface area (Å²) in [5.41, 5.74) is 4.24. The van der Waals surface area contributed by atoms with Crippen molar-refractivity contribution < 1.29 is 55.0 Å². The molecule has 4 aliphatic rings. The number of anilines is 2. The van der Waals surface area contributed by atoms with Crippen molar-refractivity contribution in [3.8, 4) is 22.3 Å². The van der Waals surface area contributed by atoms with E-state index in [9.17, 15) is 45.5 Å². The summed E-state index contributed by atoms with van der Waals surface area (Å²) >= 11 is 0. The highest BCUT2D eigenvalue weighted by atomic mass is 19.4. The van der Waals surface area contributed by atoms with Gasteiger partial charge in [-0.2, -0.15) is 26.3 Å². The molecule has 4 aliphatic heterocycles. The van der Waals surface area contributed by atoms with Gasteiger partial charge in [0, 0.05) is 76.1 Å². The van der Waals surface area contributed by atoms with E-state index in [-0.39, 0.29) is 48.1 Å². The van der Waals surface area contributed by atoms with Gasteiger partial charge in [0.2, 0.25) is 0 Å². The Morgan fingerprint density at radius 3 is 1.17 bits per heavy atom. The number of likely N-dealkylation sites (tertiary alicyclic amines) is 2. The largest absolute Gasteiger partial charge is 0.444 e. The number of halogens is 6. The smallest absolute Gasteiger partial charge is 0.416 e. The molecule has 4 aromatic carbocycles. The fraction of sp³-hybridized carbons (Fsp3) is 0.424. The molecule has 10 rings (SSSR count). The second-order valence-corrected chi connectivity index (χ2v) is 25.5. The first-order valence-electron chi connectivity index (χ1n) is 29.3. The van der Waals surface area contributed by atoms with Crippen molar-refractivity contribution in [3.05, 3.63) is 166 Å². The summed E-state index contributed by atoms with van der Waals surface area (Å²) in [5.74, 6) is -0.616. The third-order valence-electron chi connectivity index (χ3n) is 16.2. The Bertz CT molecular complexity index is 3290. The van der Waals surface area contributed by atoms with Gasteiger partial charge in [0.15, 0.2) is 0 Å². The summed E-state index contributed by atoms with van der Waals surface area (Å²) in [6.45, 7) is 19.9. The number of likely N-dealkylation sites (N-methyl/N-ethyl adjacent to an activating group) is 2. The summed E-state index contributed by atoms with van der Waals surface area (Å²) in [7, 11) is 4.20. The Balaban J connectivity index is 0.000000209. The number of aromatic nitrogens is 2. The van der Waals surface area contributed by atoms with Crippen molar-refractivity contribution in [1.82, 2.24) is 41.0 Å². The predicted octanol–water partition coefficient (Wildman–Crippen LogP) is 12.4. The number of alkyl carbamates (subject to hydrolysis) is 2.